The molecule has 0 spiro atoms. The molecule has 0 N–H and O–H groups in total. The molecule has 0 saturated carbocycles. The van der Waals surface area contributed by atoms with Gasteiger partial charge < -0.3 is 4.74 Å². The smallest absolute Gasteiger partial charge is 0.321 e. The summed E-state index contributed by atoms with van der Waals surface area (Å²) in [6, 6.07) is 6.95. The highest BCUT2D eigenvalue weighted by atomic mass is 32.2. The molecular formula is C13H15N3O4S. The summed E-state index contributed by atoms with van der Waals surface area (Å²) in [6.07, 6.45) is 1.15. The van der Waals surface area contributed by atoms with E-state index in [2.05, 4.69) is 14.9 Å². The van der Waals surface area contributed by atoms with Gasteiger partial charge in [-0.25, -0.2) is 0 Å². The van der Waals surface area contributed by atoms with Gasteiger partial charge in [0.2, 0.25) is 0 Å². The fraction of sp³-hybridized carbons (Fsp3) is 0.308. The molecule has 1 aliphatic heterocycles. The Kier molecular flexibility index (Phi) is 4.08. The molecule has 0 fully saturated rings. The Labute approximate surface area is 123 Å². The summed E-state index contributed by atoms with van der Waals surface area (Å²) < 4.78 is 30.7. The first-order chi connectivity index (χ1) is 9.87. The Morgan fingerprint density at radius 2 is 1.90 bits per heavy atom. The third-order valence-corrected chi connectivity index (χ3v) is 4.91. The summed E-state index contributed by atoms with van der Waals surface area (Å²) in [6.45, 7) is 1.90. The van der Waals surface area contributed by atoms with Gasteiger partial charge in [0.25, 0.3) is 10.0 Å². The predicted molar refractivity (Wildman–Crippen MR) is 79.9 cm³/mol. The van der Waals surface area contributed by atoms with Gasteiger partial charge in [-0.3, -0.25) is 9.10 Å². The summed E-state index contributed by atoms with van der Waals surface area (Å²) >= 11 is 0. The van der Waals surface area contributed by atoms with E-state index >= 15 is 0 Å². The fourth-order valence-electron chi connectivity index (χ4n) is 1.82. The minimum Gasteiger partial charge on any atom is -0.468 e. The number of sulfonamides is 1. The highest BCUT2D eigenvalue weighted by molar-refractivity contribution is 8.07. The second kappa shape index (κ2) is 5.65. The van der Waals surface area contributed by atoms with E-state index in [9.17, 15) is 13.2 Å². The second-order valence-electron chi connectivity index (χ2n) is 4.51. The first-order valence-electron chi connectivity index (χ1n) is 6.12. The van der Waals surface area contributed by atoms with Crippen molar-refractivity contribution in [1.29, 1.82) is 0 Å². The van der Waals surface area contributed by atoms with Crippen LogP contribution in [0.3, 0.4) is 0 Å². The molecule has 2 rings (SSSR count). The average molecular weight is 309 g/mol. The third kappa shape index (κ3) is 2.80. The molecule has 1 aromatic rings. The minimum atomic E-state index is -3.95. The summed E-state index contributed by atoms with van der Waals surface area (Å²) in [5.74, 6) is -1.82. The van der Waals surface area contributed by atoms with Gasteiger partial charge in [0.1, 0.15) is 0 Å². The number of aryl methyl sites for hydroxylation is 1. The van der Waals surface area contributed by atoms with Gasteiger partial charge in [-0.05, 0) is 19.1 Å². The molecule has 1 aromatic carbocycles. The summed E-state index contributed by atoms with van der Waals surface area (Å²) in [4.78, 5) is 11.6. The number of carbonyl (C=O) groups excluding carboxylic acids is 1. The van der Waals surface area contributed by atoms with E-state index < -0.39 is 21.9 Å². The average Bonchev–Trinajstić information content (AvgIpc) is 2.96. The van der Waals surface area contributed by atoms with E-state index in [1.165, 1.54) is 14.2 Å². The highest BCUT2D eigenvalue weighted by Crippen LogP contribution is 2.22. The number of carbonyl (C=O) groups is 1. The van der Waals surface area contributed by atoms with Gasteiger partial charge in [0, 0.05) is 13.3 Å². The Hall–Kier alpha value is -2.22. The zero-order valence-electron chi connectivity index (χ0n) is 11.8. The molecule has 7 nitrogen and oxygen atoms in total. The Morgan fingerprint density at radius 1 is 1.29 bits per heavy atom. The molecule has 1 atom stereocenters. The predicted octanol–water partition coefficient (Wildman–Crippen LogP) is 0.948. The van der Waals surface area contributed by atoms with Crippen molar-refractivity contribution in [3.63, 3.8) is 0 Å². The quantitative estimate of drug-likeness (QED) is 0.778. The number of ether oxygens (including phenoxy) is 1. The van der Waals surface area contributed by atoms with Crippen LogP contribution in [0.2, 0.25) is 0 Å². The summed E-state index contributed by atoms with van der Waals surface area (Å²) in [7, 11) is -1.37. The number of rotatable bonds is 3. The van der Waals surface area contributed by atoms with Crippen molar-refractivity contribution in [2.75, 3.05) is 18.5 Å². The van der Waals surface area contributed by atoms with Crippen LogP contribution in [0.1, 0.15) is 5.56 Å². The lowest BCUT2D eigenvalue weighted by atomic mass is 10.2. The fourth-order valence-corrected chi connectivity index (χ4v) is 3.13. The first kappa shape index (κ1) is 15.2. The van der Waals surface area contributed by atoms with E-state index in [0.717, 1.165) is 16.1 Å². The maximum atomic E-state index is 12.6. The normalized spacial score (nSPS) is 17.5. The Balaban J connectivity index is 2.34. The van der Waals surface area contributed by atoms with Gasteiger partial charge in [0.15, 0.2) is 11.0 Å². The van der Waals surface area contributed by atoms with Crippen molar-refractivity contribution in [3.05, 3.63) is 29.8 Å². The monoisotopic (exact) mass is 309 g/mol. The zero-order chi connectivity index (χ0) is 15.6. The van der Waals surface area contributed by atoms with E-state index in [0.29, 0.717) is 5.69 Å². The maximum Gasteiger partial charge on any atom is 0.321 e. The van der Waals surface area contributed by atoms with E-state index in [1.54, 1.807) is 24.3 Å². The molecule has 0 aliphatic carbocycles. The van der Waals surface area contributed by atoms with Crippen molar-refractivity contribution in [2.24, 2.45) is 16.1 Å². The molecule has 1 unspecified atom stereocenters. The van der Waals surface area contributed by atoms with Gasteiger partial charge >= 0.3 is 5.97 Å². The van der Waals surface area contributed by atoms with Gasteiger partial charge in [-0.2, -0.15) is 13.5 Å². The van der Waals surface area contributed by atoms with E-state index in [-0.39, 0.29) is 5.04 Å². The van der Waals surface area contributed by atoms with Crippen LogP contribution >= 0.6 is 0 Å². The van der Waals surface area contributed by atoms with Crippen molar-refractivity contribution in [2.45, 2.75) is 6.92 Å². The van der Waals surface area contributed by atoms with Crippen LogP contribution in [0.4, 0.5) is 5.69 Å². The largest absolute Gasteiger partial charge is 0.468 e. The van der Waals surface area contributed by atoms with Gasteiger partial charge in [0.05, 0.1) is 12.8 Å². The molecule has 1 heterocycles. The SMILES string of the molecule is COC(=O)C1C=NN=C1S(=O)(=O)N(C)c1ccc(C)cc1. The van der Waals surface area contributed by atoms with E-state index in [4.69, 9.17) is 0 Å². The van der Waals surface area contributed by atoms with Crippen molar-refractivity contribution in [3.8, 4) is 0 Å². The Morgan fingerprint density at radius 3 is 2.48 bits per heavy atom. The van der Waals surface area contributed by atoms with Crippen LogP contribution in [-0.2, 0) is 19.6 Å². The lowest BCUT2D eigenvalue weighted by Crippen LogP contribution is -2.39. The molecule has 0 radical (unpaired) electrons. The number of anilines is 1. The Bertz CT molecular complexity index is 707. The molecule has 0 bridgehead atoms. The van der Waals surface area contributed by atoms with Crippen LogP contribution < -0.4 is 4.31 Å². The zero-order valence-corrected chi connectivity index (χ0v) is 12.7. The van der Waals surface area contributed by atoms with Crippen LogP contribution in [0.25, 0.3) is 0 Å². The van der Waals surface area contributed by atoms with Crippen molar-refractivity contribution in [1.82, 2.24) is 0 Å². The molecular weight excluding hydrogens is 294 g/mol. The van der Waals surface area contributed by atoms with Gasteiger partial charge in [-0.15, -0.1) is 5.10 Å². The maximum absolute atomic E-state index is 12.6. The lowest BCUT2D eigenvalue weighted by Gasteiger charge is -2.20. The number of benzene rings is 1. The second-order valence-corrected chi connectivity index (χ2v) is 6.43. The van der Waals surface area contributed by atoms with Crippen LogP contribution in [0.15, 0.2) is 34.5 Å². The molecule has 0 saturated heterocycles. The topological polar surface area (TPSA) is 88.4 Å². The number of hydrogen-bond donors (Lipinski definition) is 0. The molecule has 0 aromatic heterocycles. The van der Waals surface area contributed by atoms with Crippen molar-refractivity contribution < 1.29 is 17.9 Å². The molecule has 1 aliphatic rings. The third-order valence-electron chi connectivity index (χ3n) is 3.12. The highest BCUT2D eigenvalue weighted by Gasteiger charge is 2.39. The van der Waals surface area contributed by atoms with Crippen molar-refractivity contribution >= 4 is 32.9 Å². The van der Waals surface area contributed by atoms with Crippen LogP contribution in [0.5, 0.6) is 0 Å². The summed E-state index contributed by atoms with van der Waals surface area (Å²) in [5, 5.41) is 6.77. The first-order valence-corrected chi connectivity index (χ1v) is 7.56. The number of hydrogen-bond acceptors (Lipinski definition) is 6. The number of nitrogens with zero attached hydrogens (tertiary/aromatic N) is 3. The van der Waals surface area contributed by atoms with E-state index in [1.807, 2.05) is 6.92 Å². The lowest BCUT2D eigenvalue weighted by molar-refractivity contribution is -0.140. The minimum absolute atomic E-state index is 0.336. The molecule has 21 heavy (non-hydrogen) atoms. The van der Waals surface area contributed by atoms with Crippen LogP contribution in [0, 0.1) is 12.8 Å². The molecule has 112 valence electrons. The van der Waals surface area contributed by atoms with Gasteiger partial charge in [-0.1, -0.05) is 17.7 Å². The number of methoxy groups -OCH3 is 1. The van der Waals surface area contributed by atoms with Crippen LogP contribution in [-0.4, -0.2) is 39.8 Å². The summed E-state index contributed by atoms with van der Waals surface area (Å²) in [5.41, 5.74) is 1.48. The standard InChI is InChI=1S/C13H15N3O4S/c1-9-4-6-10(7-5-9)16(2)21(18,19)12-11(8-14-15-12)13(17)20-3/h4-8,11H,1-3H3. The molecule has 8 heteroatoms. The number of esters is 1. The molecule has 0 amide bonds.